The standard InChI is InChI=1S/C22H18N2O4S/c1-2-13-27-18-11-7-17(8-12-18)21(25)24-23-15-16-5-9-19(10-6-16)28-22(26)20-4-3-14-29-20/h2-12,14-15H,1,13H2,(H,24,25)/b23-15-. The van der Waals surface area contributed by atoms with Crippen LogP contribution in [-0.4, -0.2) is 24.7 Å². The molecule has 0 aliphatic heterocycles. The molecule has 0 fully saturated rings. The average molecular weight is 406 g/mol. The van der Waals surface area contributed by atoms with Crippen molar-refractivity contribution in [1.29, 1.82) is 0 Å². The molecule has 3 rings (SSSR count). The molecule has 0 saturated carbocycles. The number of nitrogens with one attached hydrogen (secondary N) is 1. The van der Waals surface area contributed by atoms with Gasteiger partial charge in [0.05, 0.1) is 6.21 Å². The number of amides is 1. The second-order valence-electron chi connectivity index (χ2n) is 5.76. The minimum Gasteiger partial charge on any atom is -0.490 e. The molecule has 0 aliphatic rings. The number of rotatable bonds is 8. The molecule has 6 nitrogen and oxygen atoms in total. The number of thiophene rings is 1. The SMILES string of the molecule is C=CCOc1ccc(C(=O)N/N=C\c2ccc(OC(=O)c3cccs3)cc2)cc1. The fraction of sp³-hybridized carbons (Fsp3) is 0.0455. The van der Waals surface area contributed by atoms with Gasteiger partial charge >= 0.3 is 5.97 Å². The molecule has 146 valence electrons. The Balaban J connectivity index is 1.51. The number of hydrazone groups is 1. The molecule has 29 heavy (non-hydrogen) atoms. The van der Waals surface area contributed by atoms with Crippen molar-refractivity contribution < 1.29 is 19.1 Å². The van der Waals surface area contributed by atoms with Crippen LogP contribution in [0.4, 0.5) is 0 Å². The lowest BCUT2D eigenvalue weighted by Crippen LogP contribution is -2.17. The van der Waals surface area contributed by atoms with Gasteiger partial charge in [0.1, 0.15) is 23.0 Å². The lowest BCUT2D eigenvalue weighted by molar-refractivity contribution is 0.0739. The van der Waals surface area contributed by atoms with Gasteiger partial charge in [-0.15, -0.1) is 11.3 Å². The maximum Gasteiger partial charge on any atom is 0.353 e. The van der Waals surface area contributed by atoms with Gasteiger partial charge in [-0.1, -0.05) is 18.7 Å². The molecular weight excluding hydrogens is 388 g/mol. The summed E-state index contributed by atoms with van der Waals surface area (Å²) >= 11 is 1.32. The van der Waals surface area contributed by atoms with Gasteiger partial charge in [0.2, 0.25) is 0 Å². The number of carbonyl (C=O) groups is 2. The number of carbonyl (C=O) groups excluding carboxylic acids is 2. The van der Waals surface area contributed by atoms with E-state index >= 15 is 0 Å². The van der Waals surface area contributed by atoms with Crippen LogP contribution in [0.25, 0.3) is 0 Å². The van der Waals surface area contributed by atoms with Crippen LogP contribution in [0.5, 0.6) is 11.5 Å². The van der Waals surface area contributed by atoms with Crippen LogP contribution in [-0.2, 0) is 0 Å². The predicted octanol–water partition coefficient (Wildman–Crippen LogP) is 4.30. The van der Waals surface area contributed by atoms with Gasteiger partial charge in [-0.2, -0.15) is 5.10 Å². The second-order valence-corrected chi connectivity index (χ2v) is 6.71. The van der Waals surface area contributed by atoms with E-state index in [1.807, 2.05) is 5.38 Å². The van der Waals surface area contributed by atoms with Crippen molar-refractivity contribution >= 4 is 29.4 Å². The van der Waals surface area contributed by atoms with E-state index in [1.165, 1.54) is 17.6 Å². The molecule has 0 aliphatic carbocycles. The summed E-state index contributed by atoms with van der Waals surface area (Å²) in [5.41, 5.74) is 3.67. The summed E-state index contributed by atoms with van der Waals surface area (Å²) < 4.78 is 10.7. The molecule has 1 aromatic heterocycles. The van der Waals surface area contributed by atoms with Crippen LogP contribution in [0.1, 0.15) is 25.6 Å². The third kappa shape index (κ3) is 5.88. The zero-order chi connectivity index (χ0) is 20.5. The summed E-state index contributed by atoms with van der Waals surface area (Å²) in [6.45, 7) is 3.99. The van der Waals surface area contributed by atoms with Gasteiger partial charge in [0.25, 0.3) is 5.91 Å². The Morgan fingerprint density at radius 3 is 2.41 bits per heavy atom. The van der Waals surface area contributed by atoms with Gasteiger partial charge in [0.15, 0.2) is 0 Å². The molecule has 1 N–H and O–H groups in total. The molecule has 0 radical (unpaired) electrons. The lowest BCUT2D eigenvalue weighted by Gasteiger charge is -2.04. The Hall–Kier alpha value is -3.71. The molecule has 1 amide bonds. The molecule has 0 saturated heterocycles. The first-order valence-corrected chi connectivity index (χ1v) is 9.56. The predicted molar refractivity (Wildman–Crippen MR) is 113 cm³/mol. The normalized spacial score (nSPS) is 10.5. The largest absolute Gasteiger partial charge is 0.490 e. The van der Waals surface area contributed by atoms with Crippen LogP contribution in [0.2, 0.25) is 0 Å². The van der Waals surface area contributed by atoms with E-state index in [1.54, 1.807) is 66.7 Å². The van der Waals surface area contributed by atoms with Crippen LogP contribution >= 0.6 is 11.3 Å². The van der Waals surface area contributed by atoms with Gasteiger partial charge in [-0.3, -0.25) is 4.79 Å². The molecule has 3 aromatic rings. The first kappa shape index (κ1) is 20.0. The lowest BCUT2D eigenvalue weighted by atomic mass is 10.2. The van der Waals surface area contributed by atoms with Crippen LogP contribution in [0.3, 0.4) is 0 Å². The molecule has 0 atom stereocenters. The fourth-order valence-electron chi connectivity index (χ4n) is 2.26. The van der Waals surface area contributed by atoms with E-state index in [0.29, 0.717) is 28.5 Å². The quantitative estimate of drug-likeness (QED) is 0.199. The monoisotopic (exact) mass is 406 g/mol. The molecular formula is C22H18N2O4S. The van der Waals surface area contributed by atoms with Gasteiger partial charge < -0.3 is 9.47 Å². The molecule has 0 spiro atoms. The number of esters is 1. The van der Waals surface area contributed by atoms with E-state index in [-0.39, 0.29) is 5.91 Å². The number of ether oxygens (including phenoxy) is 2. The van der Waals surface area contributed by atoms with Crippen molar-refractivity contribution in [3.8, 4) is 11.5 Å². The second kappa shape index (κ2) is 10.0. The van der Waals surface area contributed by atoms with E-state index in [9.17, 15) is 9.59 Å². The summed E-state index contributed by atoms with van der Waals surface area (Å²) in [5.74, 6) is 0.362. The number of nitrogens with zero attached hydrogens (tertiary/aromatic N) is 1. The number of hydrogen-bond donors (Lipinski definition) is 1. The summed E-state index contributed by atoms with van der Waals surface area (Å²) in [5, 5.41) is 5.76. The molecule has 2 aromatic carbocycles. The maximum atomic E-state index is 12.1. The van der Waals surface area contributed by atoms with Crippen molar-refractivity contribution in [2.75, 3.05) is 6.61 Å². The first-order valence-electron chi connectivity index (χ1n) is 8.68. The first-order chi connectivity index (χ1) is 14.2. The summed E-state index contributed by atoms with van der Waals surface area (Å²) in [4.78, 5) is 24.6. The topological polar surface area (TPSA) is 77.0 Å². The van der Waals surface area contributed by atoms with Crippen molar-refractivity contribution in [2.45, 2.75) is 0 Å². The highest BCUT2D eigenvalue weighted by Gasteiger charge is 2.09. The molecule has 1 heterocycles. The Morgan fingerprint density at radius 2 is 1.76 bits per heavy atom. The maximum absolute atomic E-state index is 12.1. The van der Waals surface area contributed by atoms with Gasteiger partial charge in [-0.25, -0.2) is 10.2 Å². The van der Waals surface area contributed by atoms with Crippen LogP contribution in [0, 0.1) is 0 Å². The highest BCUT2D eigenvalue weighted by Crippen LogP contribution is 2.16. The third-order valence-corrected chi connectivity index (χ3v) is 4.53. The fourth-order valence-corrected chi connectivity index (χ4v) is 2.86. The zero-order valence-corrected chi connectivity index (χ0v) is 16.2. The summed E-state index contributed by atoms with van der Waals surface area (Å²) in [6, 6.07) is 17.0. The van der Waals surface area contributed by atoms with E-state index in [0.717, 1.165) is 5.56 Å². The average Bonchev–Trinajstić information content (AvgIpc) is 3.29. The Bertz CT molecular complexity index is 994. The van der Waals surface area contributed by atoms with Crippen molar-refractivity contribution in [3.05, 3.63) is 94.7 Å². The van der Waals surface area contributed by atoms with Gasteiger partial charge in [-0.05, 0) is 65.5 Å². The van der Waals surface area contributed by atoms with Crippen molar-refractivity contribution in [3.63, 3.8) is 0 Å². The van der Waals surface area contributed by atoms with E-state index in [2.05, 4.69) is 17.1 Å². The minimum absolute atomic E-state index is 0.335. The highest BCUT2D eigenvalue weighted by molar-refractivity contribution is 7.12. The number of hydrogen-bond acceptors (Lipinski definition) is 6. The van der Waals surface area contributed by atoms with Crippen molar-refractivity contribution in [2.24, 2.45) is 5.10 Å². The molecule has 7 heteroatoms. The van der Waals surface area contributed by atoms with E-state index < -0.39 is 5.97 Å². The Labute approximate surface area is 172 Å². The third-order valence-electron chi connectivity index (χ3n) is 3.68. The molecule has 0 bridgehead atoms. The summed E-state index contributed by atoms with van der Waals surface area (Å²) in [6.07, 6.45) is 3.15. The molecule has 0 unspecified atom stereocenters. The summed E-state index contributed by atoms with van der Waals surface area (Å²) in [7, 11) is 0. The highest BCUT2D eigenvalue weighted by atomic mass is 32.1. The smallest absolute Gasteiger partial charge is 0.353 e. The number of benzene rings is 2. The van der Waals surface area contributed by atoms with E-state index in [4.69, 9.17) is 9.47 Å². The minimum atomic E-state index is -0.394. The van der Waals surface area contributed by atoms with Crippen LogP contribution < -0.4 is 14.9 Å². The van der Waals surface area contributed by atoms with Crippen LogP contribution in [0.15, 0.2) is 83.8 Å². The van der Waals surface area contributed by atoms with Crippen molar-refractivity contribution in [1.82, 2.24) is 5.43 Å². The zero-order valence-electron chi connectivity index (χ0n) is 15.4. The Morgan fingerprint density at radius 1 is 1.03 bits per heavy atom. The Kier molecular flexibility index (Phi) is 6.91. The van der Waals surface area contributed by atoms with Gasteiger partial charge in [0, 0.05) is 5.56 Å².